The van der Waals surface area contributed by atoms with E-state index < -0.39 is 11.6 Å². The summed E-state index contributed by atoms with van der Waals surface area (Å²) in [4.78, 5) is 15.3. The first kappa shape index (κ1) is 12.8. The van der Waals surface area contributed by atoms with E-state index in [9.17, 15) is 13.6 Å². The molecule has 1 saturated heterocycles. The molecule has 0 aliphatic carbocycles. The molecule has 1 aliphatic heterocycles. The highest BCUT2D eigenvalue weighted by Crippen LogP contribution is 2.23. The molecule has 1 unspecified atom stereocenters. The molecular weight excluding hydrogens is 264 g/mol. The Labute approximate surface area is 114 Å². The molecule has 2 heterocycles. The molecule has 0 spiro atoms. The Morgan fingerprint density at radius 1 is 1.40 bits per heavy atom. The van der Waals surface area contributed by atoms with Crippen molar-refractivity contribution in [3.05, 3.63) is 42.2 Å². The summed E-state index contributed by atoms with van der Waals surface area (Å²) in [5.74, 6) is -0.798. The molecule has 1 atom stereocenters. The molecule has 20 heavy (non-hydrogen) atoms. The third-order valence-corrected chi connectivity index (χ3v) is 3.39. The van der Waals surface area contributed by atoms with Gasteiger partial charge in [0, 0.05) is 37.5 Å². The number of rotatable bonds is 3. The number of amides is 1. The Kier molecular flexibility index (Phi) is 3.22. The third-order valence-electron chi connectivity index (χ3n) is 3.39. The van der Waals surface area contributed by atoms with Gasteiger partial charge in [0.05, 0.1) is 5.56 Å². The van der Waals surface area contributed by atoms with E-state index in [2.05, 4.69) is 10.3 Å². The number of aromatic nitrogens is 2. The Balaban J connectivity index is 1.88. The molecule has 0 saturated carbocycles. The van der Waals surface area contributed by atoms with Gasteiger partial charge in [0.1, 0.15) is 17.5 Å². The number of hydrogen-bond acceptors (Lipinski definition) is 2. The normalized spacial score (nSPS) is 18.3. The quantitative estimate of drug-likeness (QED) is 0.934. The number of benzene rings is 1. The summed E-state index contributed by atoms with van der Waals surface area (Å²) in [7, 11) is 0. The number of carbonyl (C=O) groups is 1. The number of halogens is 2. The van der Waals surface area contributed by atoms with Gasteiger partial charge >= 0.3 is 0 Å². The van der Waals surface area contributed by atoms with Crippen LogP contribution in [0.1, 0.15) is 12.8 Å². The molecule has 0 radical (unpaired) electrons. The fourth-order valence-corrected chi connectivity index (χ4v) is 2.42. The predicted octanol–water partition coefficient (Wildman–Crippen LogP) is 2.11. The van der Waals surface area contributed by atoms with Crippen LogP contribution in [0.4, 0.5) is 8.78 Å². The molecule has 1 amide bonds. The van der Waals surface area contributed by atoms with Crippen LogP contribution in [0.15, 0.2) is 30.6 Å². The van der Waals surface area contributed by atoms with Crippen molar-refractivity contribution >= 4 is 5.91 Å². The first-order valence-corrected chi connectivity index (χ1v) is 6.39. The van der Waals surface area contributed by atoms with Crippen LogP contribution in [0.5, 0.6) is 0 Å². The molecule has 1 aromatic heterocycles. The standard InChI is InChI=1S/C14H13F2N3O/c15-9-1-3-11(12(16)7-9)14-17-5-6-19(14)8-10-2-4-13(20)18-10/h1,3,5-7,10H,2,4,8H2,(H,18,20). The lowest BCUT2D eigenvalue weighted by atomic mass is 10.2. The van der Waals surface area contributed by atoms with Gasteiger partial charge in [-0.1, -0.05) is 0 Å². The van der Waals surface area contributed by atoms with E-state index in [0.29, 0.717) is 18.8 Å². The smallest absolute Gasteiger partial charge is 0.220 e. The number of imidazole rings is 1. The minimum atomic E-state index is -0.645. The maximum absolute atomic E-state index is 13.8. The predicted molar refractivity (Wildman–Crippen MR) is 68.7 cm³/mol. The van der Waals surface area contributed by atoms with Gasteiger partial charge in [0.15, 0.2) is 0 Å². The van der Waals surface area contributed by atoms with Crippen LogP contribution in [0, 0.1) is 11.6 Å². The lowest BCUT2D eigenvalue weighted by Gasteiger charge is -2.13. The molecule has 1 N–H and O–H groups in total. The highest BCUT2D eigenvalue weighted by Gasteiger charge is 2.22. The summed E-state index contributed by atoms with van der Waals surface area (Å²) in [6.07, 6.45) is 4.56. The van der Waals surface area contributed by atoms with E-state index in [1.807, 2.05) is 0 Å². The van der Waals surface area contributed by atoms with Gasteiger partial charge in [0.25, 0.3) is 0 Å². The average molecular weight is 277 g/mol. The molecule has 1 aliphatic rings. The van der Waals surface area contributed by atoms with Crippen molar-refractivity contribution in [3.8, 4) is 11.4 Å². The lowest BCUT2D eigenvalue weighted by molar-refractivity contribution is -0.119. The summed E-state index contributed by atoms with van der Waals surface area (Å²) >= 11 is 0. The Bertz CT molecular complexity index is 654. The number of nitrogens with one attached hydrogen (secondary N) is 1. The number of nitrogens with zero attached hydrogens (tertiary/aromatic N) is 2. The van der Waals surface area contributed by atoms with Gasteiger partial charge in [-0.05, 0) is 18.6 Å². The molecule has 1 aromatic carbocycles. The van der Waals surface area contributed by atoms with E-state index in [0.717, 1.165) is 12.5 Å². The van der Waals surface area contributed by atoms with Gasteiger partial charge in [-0.2, -0.15) is 0 Å². The van der Waals surface area contributed by atoms with Gasteiger partial charge < -0.3 is 9.88 Å². The fraction of sp³-hybridized carbons (Fsp3) is 0.286. The van der Waals surface area contributed by atoms with Crippen molar-refractivity contribution in [1.29, 1.82) is 0 Å². The zero-order valence-corrected chi connectivity index (χ0v) is 10.6. The van der Waals surface area contributed by atoms with Crippen molar-refractivity contribution in [1.82, 2.24) is 14.9 Å². The van der Waals surface area contributed by atoms with Crippen LogP contribution in [0.25, 0.3) is 11.4 Å². The van der Waals surface area contributed by atoms with Crippen LogP contribution in [-0.2, 0) is 11.3 Å². The van der Waals surface area contributed by atoms with Gasteiger partial charge in [-0.15, -0.1) is 0 Å². The fourth-order valence-electron chi connectivity index (χ4n) is 2.42. The molecule has 3 rings (SSSR count). The van der Waals surface area contributed by atoms with Crippen LogP contribution in [-0.4, -0.2) is 21.5 Å². The van der Waals surface area contributed by atoms with Crippen molar-refractivity contribution in [2.75, 3.05) is 0 Å². The van der Waals surface area contributed by atoms with E-state index >= 15 is 0 Å². The van der Waals surface area contributed by atoms with Crippen LogP contribution >= 0.6 is 0 Å². The second-order valence-electron chi connectivity index (χ2n) is 4.83. The summed E-state index contributed by atoms with van der Waals surface area (Å²) in [5.41, 5.74) is 0.251. The van der Waals surface area contributed by atoms with Crippen LogP contribution in [0.2, 0.25) is 0 Å². The van der Waals surface area contributed by atoms with Gasteiger partial charge in [0.2, 0.25) is 5.91 Å². The summed E-state index contributed by atoms with van der Waals surface area (Å²) in [6.45, 7) is 0.526. The number of carbonyl (C=O) groups excluding carboxylic acids is 1. The van der Waals surface area contributed by atoms with Gasteiger partial charge in [-0.25, -0.2) is 13.8 Å². The zero-order valence-electron chi connectivity index (χ0n) is 10.6. The first-order chi connectivity index (χ1) is 9.63. The van der Waals surface area contributed by atoms with Crippen molar-refractivity contribution < 1.29 is 13.6 Å². The Hall–Kier alpha value is -2.24. The molecule has 1 fully saturated rings. The largest absolute Gasteiger partial charge is 0.352 e. The summed E-state index contributed by atoms with van der Waals surface area (Å²) in [5, 5.41) is 2.85. The second kappa shape index (κ2) is 5.03. The van der Waals surface area contributed by atoms with Crippen LogP contribution < -0.4 is 5.32 Å². The van der Waals surface area contributed by atoms with Crippen molar-refractivity contribution in [2.45, 2.75) is 25.4 Å². The maximum atomic E-state index is 13.8. The minimum Gasteiger partial charge on any atom is -0.352 e. The van der Waals surface area contributed by atoms with E-state index in [1.54, 1.807) is 17.0 Å². The Morgan fingerprint density at radius 2 is 2.25 bits per heavy atom. The molecule has 2 aromatic rings. The summed E-state index contributed by atoms with van der Waals surface area (Å²) < 4.78 is 28.5. The van der Waals surface area contributed by atoms with Crippen molar-refractivity contribution in [2.24, 2.45) is 0 Å². The molecular formula is C14H13F2N3O. The van der Waals surface area contributed by atoms with E-state index in [4.69, 9.17) is 0 Å². The molecule has 6 heteroatoms. The minimum absolute atomic E-state index is 0.0268. The van der Waals surface area contributed by atoms with Crippen LogP contribution in [0.3, 0.4) is 0 Å². The zero-order chi connectivity index (χ0) is 14.1. The molecule has 0 bridgehead atoms. The average Bonchev–Trinajstić information content (AvgIpc) is 3.00. The summed E-state index contributed by atoms with van der Waals surface area (Å²) in [6, 6.07) is 3.44. The maximum Gasteiger partial charge on any atom is 0.220 e. The van der Waals surface area contributed by atoms with E-state index in [-0.39, 0.29) is 17.5 Å². The highest BCUT2D eigenvalue weighted by molar-refractivity contribution is 5.78. The third kappa shape index (κ3) is 2.41. The molecule has 4 nitrogen and oxygen atoms in total. The topological polar surface area (TPSA) is 46.9 Å². The van der Waals surface area contributed by atoms with Crippen molar-refractivity contribution in [3.63, 3.8) is 0 Å². The van der Waals surface area contributed by atoms with E-state index in [1.165, 1.54) is 12.1 Å². The molecule has 104 valence electrons. The number of hydrogen-bond donors (Lipinski definition) is 1. The van der Waals surface area contributed by atoms with Gasteiger partial charge in [-0.3, -0.25) is 4.79 Å². The lowest BCUT2D eigenvalue weighted by Crippen LogP contribution is -2.29. The SMILES string of the molecule is O=C1CCC(Cn2ccnc2-c2ccc(F)cc2F)N1. The monoisotopic (exact) mass is 277 g/mol. The highest BCUT2D eigenvalue weighted by atomic mass is 19.1. The first-order valence-electron chi connectivity index (χ1n) is 6.39. The second-order valence-corrected chi connectivity index (χ2v) is 4.83. The Morgan fingerprint density at radius 3 is 2.95 bits per heavy atom.